The maximum Gasteiger partial charge on any atom is 0.303 e. The van der Waals surface area contributed by atoms with E-state index in [1.54, 1.807) is 141 Å². The first-order valence-corrected chi connectivity index (χ1v) is 35.5. The van der Waals surface area contributed by atoms with Gasteiger partial charge in [0, 0.05) is 64.3 Å². The third-order valence-corrected chi connectivity index (χ3v) is 16.4. The molecule has 0 bridgehead atoms. The molecule has 0 heterocycles. The lowest BCUT2D eigenvalue weighted by molar-refractivity contribution is -0.139. The summed E-state index contributed by atoms with van der Waals surface area (Å²) in [5.74, 6) is -12.2. The standard InChI is InChI=1S/C75H106N14O16/c1-4-6-11-37-63(91)79-45-25-21-33-54(67(78)97)82-69(99)56(34-19-23-43-76)83-73(103)60(47-51-27-13-8-14-28-51)89-72(102)59(40-42-66(95)96)86-75(105)62(49-53-31-17-10-18-32-53)87-70(100)57(35-20-24-44-77)84-74(104)61(48-52-29-15-9-16-30-52)88-71(101)58(39-41-65(93)94)85-68(98)55(81-50(3)90)36-22-26-46-80-64(92)38-12-7-5-2/h4-18,27-32,37-38,54-62H,19-26,33-36,39-49,76-77H2,1-3H3,(H2,78,97)(H,79,91)(H,80,92)(H,81,90)(H,82,99)(H,83,103)(H,84,104)(H,85,98)(H,86,105)(H,87,100)(H,88,101)(H,89,102)(H,93,94)(H,95,96)/b6-4+,7-5+,37-11+,38-12+/t54-,55-,56-,57-,58-,59-,60-,61-,62-/m0/s1. The van der Waals surface area contributed by atoms with E-state index < -0.39 is 151 Å². The number of benzene rings is 3. The molecule has 9 atom stereocenters. The number of hydrogen-bond donors (Lipinski definition) is 16. The minimum absolute atomic E-state index is 0.0257. The Morgan fingerprint density at radius 1 is 0.352 bits per heavy atom. The smallest absolute Gasteiger partial charge is 0.303 e. The molecule has 3 rings (SSSR count). The lowest BCUT2D eigenvalue weighted by Crippen LogP contribution is -2.61. The second kappa shape index (κ2) is 51.3. The third kappa shape index (κ3) is 37.7. The van der Waals surface area contributed by atoms with Crippen LogP contribution in [0.25, 0.3) is 0 Å². The van der Waals surface area contributed by atoms with E-state index in [1.807, 2.05) is 0 Å². The van der Waals surface area contributed by atoms with Gasteiger partial charge in [-0.15, -0.1) is 0 Å². The maximum atomic E-state index is 14.9. The van der Waals surface area contributed by atoms with Gasteiger partial charge in [-0.2, -0.15) is 0 Å². The van der Waals surface area contributed by atoms with Crippen molar-refractivity contribution in [3.8, 4) is 0 Å². The van der Waals surface area contributed by atoms with Crippen molar-refractivity contribution in [2.24, 2.45) is 17.2 Å². The van der Waals surface area contributed by atoms with Crippen LogP contribution in [-0.4, -0.2) is 174 Å². The molecule has 0 radical (unpaired) electrons. The molecule has 3 aromatic carbocycles. The summed E-state index contributed by atoms with van der Waals surface area (Å²) >= 11 is 0. The number of rotatable bonds is 52. The highest BCUT2D eigenvalue weighted by Crippen LogP contribution is 2.14. The zero-order valence-corrected chi connectivity index (χ0v) is 60.1. The van der Waals surface area contributed by atoms with E-state index in [-0.39, 0.29) is 89.4 Å². The number of carboxylic acids is 2. The van der Waals surface area contributed by atoms with Crippen LogP contribution in [0.4, 0.5) is 0 Å². The van der Waals surface area contributed by atoms with Crippen molar-refractivity contribution in [2.75, 3.05) is 26.2 Å². The highest BCUT2D eigenvalue weighted by atomic mass is 16.4. The van der Waals surface area contributed by atoms with Gasteiger partial charge in [-0.1, -0.05) is 127 Å². The molecule has 30 heteroatoms. The molecule has 19 N–H and O–H groups in total. The van der Waals surface area contributed by atoms with E-state index in [9.17, 15) is 77.3 Å². The molecule has 0 unspecified atom stereocenters. The first-order chi connectivity index (χ1) is 50.4. The molecular weight excluding hydrogens is 1350 g/mol. The number of hydrogen-bond acceptors (Lipinski definition) is 16. The van der Waals surface area contributed by atoms with Crippen molar-refractivity contribution >= 4 is 82.8 Å². The quantitative estimate of drug-likeness (QED) is 0.0216. The Morgan fingerprint density at radius 3 is 0.905 bits per heavy atom. The summed E-state index contributed by atoms with van der Waals surface area (Å²) in [5, 5.41) is 48.9. The molecule has 0 aliphatic heterocycles. The molecule has 0 spiro atoms. The summed E-state index contributed by atoms with van der Waals surface area (Å²) in [7, 11) is 0. The monoisotopic (exact) mass is 1460 g/mol. The van der Waals surface area contributed by atoms with E-state index in [4.69, 9.17) is 17.2 Å². The Balaban J connectivity index is 2.00. The van der Waals surface area contributed by atoms with Gasteiger partial charge in [0.1, 0.15) is 54.4 Å². The number of allylic oxidation sites excluding steroid dienone is 6. The first-order valence-electron chi connectivity index (χ1n) is 35.5. The Hall–Kier alpha value is -10.9. The highest BCUT2D eigenvalue weighted by molar-refractivity contribution is 5.99. The van der Waals surface area contributed by atoms with E-state index >= 15 is 0 Å². The highest BCUT2D eigenvalue weighted by Gasteiger charge is 2.36. The molecule has 0 aromatic heterocycles. The number of carbonyl (C=O) groups is 14. The summed E-state index contributed by atoms with van der Waals surface area (Å²) in [4.78, 5) is 190. The Bertz CT molecular complexity index is 3410. The third-order valence-electron chi connectivity index (χ3n) is 16.4. The Morgan fingerprint density at radius 2 is 0.619 bits per heavy atom. The number of primary amides is 1. The fourth-order valence-electron chi connectivity index (χ4n) is 10.7. The largest absolute Gasteiger partial charge is 0.481 e. The lowest BCUT2D eigenvalue weighted by atomic mass is 10.0. The van der Waals surface area contributed by atoms with Crippen LogP contribution in [0.2, 0.25) is 0 Å². The molecule has 0 aliphatic carbocycles. The van der Waals surface area contributed by atoms with Crippen LogP contribution in [0.3, 0.4) is 0 Å². The van der Waals surface area contributed by atoms with Gasteiger partial charge < -0.3 is 85.9 Å². The van der Waals surface area contributed by atoms with Crippen LogP contribution in [0.1, 0.15) is 140 Å². The van der Waals surface area contributed by atoms with Crippen molar-refractivity contribution in [1.82, 2.24) is 58.5 Å². The van der Waals surface area contributed by atoms with Crippen LogP contribution in [-0.2, 0) is 86.4 Å². The van der Waals surface area contributed by atoms with Crippen LogP contribution in [0.15, 0.2) is 140 Å². The number of nitrogens with one attached hydrogen (secondary N) is 11. The molecule has 12 amide bonds. The van der Waals surface area contributed by atoms with Gasteiger partial charge in [0.2, 0.25) is 70.9 Å². The Kier molecular flexibility index (Phi) is 43.2. The lowest BCUT2D eigenvalue weighted by Gasteiger charge is -2.28. The summed E-state index contributed by atoms with van der Waals surface area (Å²) in [6.45, 7) is 5.69. The van der Waals surface area contributed by atoms with Gasteiger partial charge in [-0.25, -0.2) is 0 Å². The molecule has 3 aromatic rings. The van der Waals surface area contributed by atoms with Crippen LogP contribution in [0.5, 0.6) is 0 Å². The molecular formula is C75H106N14O16. The number of unbranched alkanes of at least 4 members (excludes halogenated alkanes) is 4. The predicted octanol–water partition coefficient (Wildman–Crippen LogP) is 1.41. The van der Waals surface area contributed by atoms with Crippen LogP contribution >= 0.6 is 0 Å². The van der Waals surface area contributed by atoms with E-state index in [2.05, 4.69) is 58.5 Å². The predicted molar refractivity (Wildman–Crippen MR) is 394 cm³/mol. The van der Waals surface area contributed by atoms with Crippen molar-refractivity contribution in [1.29, 1.82) is 0 Å². The fraction of sp³-hybridized carbons (Fsp3) is 0.467. The topological polar surface area (TPSA) is 490 Å². The van der Waals surface area contributed by atoms with Crippen molar-refractivity contribution in [3.63, 3.8) is 0 Å². The number of carboxylic acid groups (broad SMARTS) is 2. The molecule has 105 heavy (non-hydrogen) atoms. The molecule has 30 nitrogen and oxygen atoms in total. The van der Waals surface area contributed by atoms with Crippen molar-refractivity contribution in [3.05, 3.63) is 156 Å². The number of amides is 12. The summed E-state index contributed by atoms with van der Waals surface area (Å²) in [5.41, 5.74) is 19.0. The normalized spacial score (nSPS) is 13.8. The summed E-state index contributed by atoms with van der Waals surface area (Å²) in [6.07, 6.45) is 12.7. The average Bonchev–Trinajstić information content (AvgIpc) is 0.852. The van der Waals surface area contributed by atoms with Gasteiger partial charge in [0.05, 0.1) is 0 Å². The number of aliphatic carboxylic acids is 2. The van der Waals surface area contributed by atoms with Gasteiger partial charge in [-0.3, -0.25) is 67.1 Å². The van der Waals surface area contributed by atoms with Crippen molar-refractivity contribution in [2.45, 2.75) is 197 Å². The SMILES string of the molecule is C/C=C/C=C/C(=O)NCCCC[C@H](NC(=O)[C@H](CCCCN)NC(=O)[C@H](Cc1ccccc1)NC(=O)[C@H](CCC(=O)O)NC(=O)[C@H](Cc1ccccc1)NC(=O)[C@H](CCCCN)NC(=O)[C@H](Cc1ccccc1)NC(=O)[C@H](CCC(=O)O)NC(=O)[C@H](CCCCNC(=O)/C=C/C=C/C)NC(C)=O)C(N)=O. The molecule has 572 valence electrons. The minimum atomic E-state index is -1.71. The van der Waals surface area contributed by atoms with Crippen molar-refractivity contribution < 1.29 is 77.3 Å². The van der Waals surface area contributed by atoms with Crippen LogP contribution < -0.4 is 75.7 Å². The first kappa shape index (κ1) is 88.3. The molecule has 0 saturated carbocycles. The van der Waals surface area contributed by atoms with E-state index in [1.165, 1.54) is 19.1 Å². The zero-order chi connectivity index (χ0) is 77.3. The fourth-order valence-corrected chi connectivity index (χ4v) is 10.7. The minimum Gasteiger partial charge on any atom is -0.481 e. The van der Waals surface area contributed by atoms with Gasteiger partial charge >= 0.3 is 11.9 Å². The zero-order valence-electron chi connectivity index (χ0n) is 60.1. The summed E-state index contributed by atoms with van der Waals surface area (Å²) < 4.78 is 0. The summed E-state index contributed by atoms with van der Waals surface area (Å²) in [6, 6.07) is 12.1. The number of carbonyl (C=O) groups excluding carboxylic acids is 12. The second-order valence-corrected chi connectivity index (χ2v) is 25.0. The second-order valence-electron chi connectivity index (χ2n) is 25.0. The number of nitrogens with two attached hydrogens (primary N) is 3. The van der Waals surface area contributed by atoms with E-state index in [0.29, 0.717) is 61.6 Å². The Labute approximate surface area is 613 Å². The van der Waals surface area contributed by atoms with Gasteiger partial charge in [-0.05, 0) is 134 Å². The average molecular weight is 1460 g/mol. The van der Waals surface area contributed by atoms with Gasteiger partial charge in [0.25, 0.3) is 0 Å². The molecule has 0 fully saturated rings. The van der Waals surface area contributed by atoms with E-state index in [0.717, 1.165) is 0 Å². The molecule has 0 saturated heterocycles. The maximum absolute atomic E-state index is 14.9. The van der Waals surface area contributed by atoms with Crippen LogP contribution in [0, 0.1) is 0 Å². The molecule has 0 aliphatic rings. The van der Waals surface area contributed by atoms with Gasteiger partial charge in [0.15, 0.2) is 0 Å².